The smallest absolute Gasteiger partial charge is 0.282 e. The van der Waals surface area contributed by atoms with E-state index in [-0.39, 0.29) is 24.6 Å². The lowest BCUT2D eigenvalue weighted by molar-refractivity contribution is -0.0613. The van der Waals surface area contributed by atoms with Crippen molar-refractivity contribution in [1.29, 1.82) is 0 Å². The van der Waals surface area contributed by atoms with Crippen LogP contribution in [0.25, 0.3) is 0 Å². The summed E-state index contributed by atoms with van der Waals surface area (Å²) in [5.74, 6) is 2.42. The normalized spacial score (nSPS) is 36.6. The summed E-state index contributed by atoms with van der Waals surface area (Å²) in [5.41, 5.74) is 0.162. The Morgan fingerprint density at radius 2 is 1.57 bits per heavy atom. The molecule has 0 aromatic carbocycles. The first-order chi connectivity index (χ1) is 10.8. The average molecular weight is 345 g/mol. The molecule has 1 N–H and O–H groups in total. The molecule has 0 heterocycles. The maximum absolute atomic E-state index is 12.9. The minimum absolute atomic E-state index is 0.0717. The van der Waals surface area contributed by atoms with Crippen LogP contribution in [0.2, 0.25) is 0 Å². The molecular weight excluding hydrogens is 312 g/mol. The van der Waals surface area contributed by atoms with Crippen LogP contribution in [0.1, 0.15) is 52.4 Å². The van der Waals surface area contributed by atoms with Crippen molar-refractivity contribution in [3.8, 4) is 0 Å². The second-order valence-corrected chi connectivity index (χ2v) is 10.6. The van der Waals surface area contributed by atoms with Crippen molar-refractivity contribution in [3.05, 3.63) is 0 Å². The highest BCUT2D eigenvalue weighted by Gasteiger charge is 2.52. The fraction of sp³-hybridized carbons (Fsp3) is 1.00. The fourth-order valence-electron chi connectivity index (χ4n) is 5.69. The molecule has 0 amide bonds. The van der Waals surface area contributed by atoms with Crippen molar-refractivity contribution in [2.75, 3.05) is 26.7 Å². The van der Waals surface area contributed by atoms with Crippen LogP contribution in [0.5, 0.6) is 0 Å². The van der Waals surface area contributed by atoms with Crippen molar-refractivity contribution in [1.82, 2.24) is 8.61 Å². The predicted molar refractivity (Wildman–Crippen MR) is 91.1 cm³/mol. The summed E-state index contributed by atoms with van der Waals surface area (Å²) < 4.78 is 28.8. The third-order valence-electron chi connectivity index (χ3n) is 6.44. The topological polar surface area (TPSA) is 60.9 Å². The number of aliphatic hydroxyl groups is 1. The molecule has 134 valence electrons. The van der Waals surface area contributed by atoms with E-state index in [2.05, 4.69) is 0 Å². The highest BCUT2D eigenvalue weighted by Crippen LogP contribution is 2.60. The Hall–Kier alpha value is -0.170. The van der Waals surface area contributed by atoms with Gasteiger partial charge in [0.15, 0.2) is 0 Å². The van der Waals surface area contributed by atoms with Gasteiger partial charge in [-0.2, -0.15) is 17.0 Å². The summed E-state index contributed by atoms with van der Waals surface area (Å²) in [6, 6.07) is -0.0717. The Balaban J connectivity index is 1.80. The van der Waals surface area contributed by atoms with Crippen LogP contribution in [0, 0.1) is 23.2 Å². The molecule has 4 aliphatic carbocycles. The Kier molecular flexibility index (Phi) is 4.82. The highest BCUT2D eigenvalue weighted by atomic mass is 32.2. The first-order valence-corrected chi connectivity index (χ1v) is 10.5. The Morgan fingerprint density at radius 3 is 1.96 bits per heavy atom. The maximum atomic E-state index is 12.9. The van der Waals surface area contributed by atoms with Crippen LogP contribution in [0.3, 0.4) is 0 Å². The minimum atomic E-state index is -3.50. The predicted octanol–water partition coefficient (Wildman–Crippen LogP) is 2.08. The summed E-state index contributed by atoms with van der Waals surface area (Å²) in [7, 11) is -1.86. The zero-order chi connectivity index (χ0) is 16.8. The number of nitrogens with zero attached hydrogens (tertiary/aromatic N) is 2. The summed E-state index contributed by atoms with van der Waals surface area (Å²) in [4.78, 5) is 0. The molecule has 4 aliphatic rings. The molecule has 23 heavy (non-hydrogen) atoms. The molecule has 0 spiro atoms. The zero-order valence-electron chi connectivity index (χ0n) is 14.7. The number of rotatable bonds is 7. The molecule has 4 saturated carbocycles. The summed E-state index contributed by atoms with van der Waals surface area (Å²) in [6.07, 6.45) is 7.62. The molecule has 5 nitrogen and oxygen atoms in total. The quantitative estimate of drug-likeness (QED) is 0.769. The second-order valence-electron chi connectivity index (χ2n) is 8.59. The first kappa shape index (κ1) is 17.6. The summed E-state index contributed by atoms with van der Waals surface area (Å²) in [5, 5.41) is 9.41. The van der Waals surface area contributed by atoms with Gasteiger partial charge in [0.1, 0.15) is 0 Å². The lowest BCUT2D eigenvalue weighted by atomic mass is 9.49. The molecule has 0 aromatic heterocycles. The number of aliphatic hydroxyl groups excluding tert-OH is 1. The van der Waals surface area contributed by atoms with Crippen LogP contribution < -0.4 is 0 Å². The van der Waals surface area contributed by atoms with Crippen molar-refractivity contribution < 1.29 is 13.5 Å². The Labute approximate surface area is 141 Å². The zero-order valence-corrected chi connectivity index (χ0v) is 15.6. The van der Waals surface area contributed by atoms with Crippen LogP contribution >= 0.6 is 0 Å². The number of hydrogen-bond donors (Lipinski definition) is 1. The lowest BCUT2D eigenvalue weighted by Crippen LogP contribution is -2.55. The lowest BCUT2D eigenvalue weighted by Gasteiger charge is -2.57. The van der Waals surface area contributed by atoms with Gasteiger partial charge in [0.2, 0.25) is 0 Å². The van der Waals surface area contributed by atoms with E-state index in [1.54, 1.807) is 11.4 Å². The molecule has 4 fully saturated rings. The van der Waals surface area contributed by atoms with Gasteiger partial charge in [-0.05, 0) is 75.5 Å². The molecule has 4 bridgehead atoms. The van der Waals surface area contributed by atoms with Crippen molar-refractivity contribution in [2.45, 2.75) is 58.4 Å². The molecule has 4 rings (SSSR count). The van der Waals surface area contributed by atoms with Crippen LogP contribution in [0.15, 0.2) is 0 Å². The molecular formula is C17H32N2O3S. The molecule has 0 aromatic rings. The van der Waals surface area contributed by atoms with E-state index in [4.69, 9.17) is 0 Å². The van der Waals surface area contributed by atoms with Gasteiger partial charge in [0.05, 0.1) is 6.61 Å². The fourth-order valence-corrected chi connectivity index (χ4v) is 7.34. The maximum Gasteiger partial charge on any atom is 0.282 e. The van der Waals surface area contributed by atoms with Gasteiger partial charge in [-0.25, -0.2) is 0 Å². The van der Waals surface area contributed by atoms with Crippen molar-refractivity contribution in [2.24, 2.45) is 23.2 Å². The van der Waals surface area contributed by atoms with E-state index in [0.717, 1.165) is 17.8 Å². The molecule has 6 heteroatoms. The molecule has 0 saturated heterocycles. The summed E-state index contributed by atoms with van der Waals surface area (Å²) >= 11 is 0. The largest absolute Gasteiger partial charge is 0.395 e. The highest BCUT2D eigenvalue weighted by molar-refractivity contribution is 7.86. The van der Waals surface area contributed by atoms with E-state index in [1.165, 1.54) is 42.8 Å². The van der Waals surface area contributed by atoms with Crippen LogP contribution in [-0.2, 0) is 10.2 Å². The average Bonchev–Trinajstić information content (AvgIpc) is 2.44. The van der Waals surface area contributed by atoms with Gasteiger partial charge in [-0.3, -0.25) is 0 Å². The van der Waals surface area contributed by atoms with Gasteiger partial charge in [0.25, 0.3) is 10.2 Å². The molecule has 0 unspecified atom stereocenters. The van der Waals surface area contributed by atoms with Crippen molar-refractivity contribution >= 4 is 10.2 Å². The van der Waals surface area contributed by atoms with E-state index < -0.39 is 10.2 Å². The van der Waals surface area contributed by atoms with Crippen LogP contribution in [0.4, 0.5) is 0 Å². The third-order valence-corrected chi connectivity index (χ3v) is 8.56. The Morgan fingerprint density at radius 1 is 1.09 bits per heavy atom. The van der Waals surface area contributed by atoms with Crippen LogP contribution in [-0.4, -0.2) is 54.9 Å². The first-order valence-electron chi connectivity index (χ1n) is 9.10. The second kappa shape index (κ2) is 6.28. The van der Waals surface area contributed by atoms with Gasteiger partial charge >= 0.3 is 0 Å². The van der Waals surface area contributed by atoms with Gasteiger partial charge < -0.3 is 5.11 Å². The molecule has 0 atom stereocenters. The minimum Gasteiger partial charge on any atom is -0.395 e. The third kappa shape index (κ3) is 3.32. The molecule has 0 aliphatic heterocycles. The van der Waals surface area contributed by atoms with E-state index >= 15 is 0 Å². The van der Waals surface area contributed by atoms with E-state index in [1.807, 2.05) is 13.8 Å². The van der Waals surface area contributed by atoms with Crippen molar-refractivity contribution in [3.63, 3.8) is 0 Å². The van der Waals surface area contributed by atoms with E-state index in [9.17, 15) is 13.5 Å². The SMILES string of the molecule is CC(C)N(C)S(=O)(=O)N(CCO)CC12CC3CC(CC(C3)C1)C2. The van der Waals surface area contributed by atoms with Gasteiger partial charge in [-0.1, -0.05) is 0 Å². The standard InChI is InChI=1S/C17H32N2O3S/c1-13(2)18(3)23(21,22)19(4-5-20)12-17-9-14-6-15(10-17)8-16(7-14)11-17/h13-16,20H,4-12H2,1-3H3. The molecule has 0 radical (unpaired) electrons. The van der Waals surface area contributed by atoms with Gasteiger partial charge in [-0.15, -0.1) is 0 Å². The summed E-state index contributed by atoms with van der Waals surface area (Å²) in [6.45, 7) is 4.47. The van der Waals surface area contributed by atoms with Gasteiger partial charge in [0, 0.05) is 26.2 Å². The van der Waals surface area contributed by atoms with E-state index in [0.29, 0.717) is 6.54 Å². The number of hydrogen-bond acceptors (Lipinski definition) is 3. The Bertz CT molecular complexity index is 497. The monoisotopic (exact) mass is 344 g/mol.